The first-order valence-electron chi connectivity index (χ1n) is 9.93. The lowest BCUT2D eigenvalue weighted by atomic mass is 10.1. The number of nitriles is 1. The van der Waals surface area contributed by atoms with Gasteiger partial charge >= 0.3 is 0 Å². The molecule has 0 radical (unpaired) electrons. The third-order valence-electron chi connectivity index (χ3n) is 5.70. The molecule has 3 rings (SSSR count). The van der Waals surface area contributed by atoms with Gasteiger partial charge in [0.2, 0.25) is 11.8 Å². The predicted molar refractivity (Wildman–Crippen MR) is 116 cm³/mol. The van der Waals surface area contributed by atoms with Crippen LogP contribution in [0.2, 0.25) is 5.02 Å². The Labute approximate surface area is 182 Å². The quantitative estimate of drug-likeness (QED) is 0.754. The SMILES string of the molecule is COc1ccc(Cl)cc1CN1CCN(C(C)C(=O)Nc2oc(C)c(C)c2C#N)CC1. The Morgan fingerprint density at radius 2 is 2.03 bits per heavy atom. The first-order valence-corrected chi connectivity index (χ1v) is 10.3. The average molecular weight is 431 g/mol. The highest BCUT2D eigenvalue weighted by Crippen LogP contribution is 2.26. The Balaban J connectivity index is 1.57. The number of halogens is 1. The Morgan fingerprint density at radius 3 is 2.67 bits per heavy atom. The molecule has 1 N–H and O–H groups in total. The molecule has 1 atom stereocenters. The smallest absolute Gasteiger partial charge is 0.243 e. The van der Waals surface area contributed by atoms with Crippen LogP contribution in [0.15, 0.2) is 22.6 Å². The number of hydrogen-bond donors (Lipinski definition) is 1. The number of nitrogens with zero attached hydrogens (tertiary/aromatic N) is 3. The lowest BCUT2D eigenvalue weighted by Crippen LogP contribution is -2.52. The number of rotatable bonds is 6. The van der Waals surface area contributed by atoms with E-state index >= 15 is 0 Å². The summed E-state index contributed by atoms with van der Waals surface area (Å²) >= 11 is 6.14. The summed E-state index contributed by atoms with van der Waals surface area (Å²) in [6.07, 6.45) is 0. The highest BCUT2D eigenvalue weighted by atomic mass is 35.5. The first kappa shape index (κ1) is 22.2. The Kier molecular flexibility index (Phi) is 7.03. The van der Waals surface area contributed by atoms with Crippen LogP contribution in [0.4, 0.5) is 5.88 Å². The summed E-state index contributed by atoms with van der Waals surface area (Å²) in [5.74, 6) is 1.52. The molecule has 1 amide bonds. The highest BCUT2D eigenvalue weighted by molar-refractivity contribution is 6.30. The fraction of sp³-hybridized carbons (Fsp3) is 0.455. The number of amides is 1. The van der Waals surface area contributed by atoms with Crippen molar-refractivity contribution in [1.29, 1.82) is 5.26 Å². The number of hydrogen-bond acceptors (Lipinski definition) is 6. The van der Waals surface area contributed by atoms with E-state index in [1.807, 2.05) is 32.0 Å². The van der Waals surface area contributed by atoms with Gasteiger partial charge in [-0.15, -0.1) is 0 Å². The number of benzene rings is 1. The van der Waals surface area contributed by atoms with Gasteiger partial charge < -0.3 is 9.15 Å². The molecule has 1 fully saturated rings. The van der Waals surface area contributed by atoms with Gasteiger partial charge in [0.25, 0.3) is 0 Å². The number of carbonyl (C=O) groups is 1. The monoisotopic (exact) mass is 430 g/mol. The zero-order valence-corrected chi connectivity index (χ0v) is 18.5. The normalized spacial score (nSPS) is 16.1. The lowest BCUT2D eigenvalue weighted by Gasteiger charge is -2.37. The summed E-state index contributed by atoms with van der Waals surface area (Å²) < 4.78 is 11.0. The number of piperazine rings is 1. The first-order chi connectivity index (χ1) is 14.3. The molecule has 7 nitrogen and oxygen atoms in total. The van der Waals surface area contributed by atoms with Crippen molar-refractivity contribution in [1.82, 2.24) is 9.80 Å². The number of aryl methyl sites for hydroxylation is 1. The van der Waals surface area contributed by atoms with Gasteiger partial charge in [-0.2, -0.15) is 5.26 Å². The number of methoxy groups -OCH3 is 1. The molecular formula is C22H27ClN4O3. The molecule has 0 saturated carbocycles. The third kappa shape index (κ3) is 4.78. The van der Waals surface area contributed by atoms with E-state index in [-0.39, 0.29) is 17.8 Å². The zero-order chi connectivity index (χ0) is 21.8. The third-order valence-corrected chi connectivity index (χ3v) is 5.94. The maximum atomic E-state index is 12.7. The second kappa shape index (κ2) is 9.52. The largest absolute Gasteiger partial charge is 0.496 e. The van der Waals surface area contributed by atoms with Crippen LogP contribution in [-0.2, 0) is 11.3 Å². The van der Waals surface area contributed by atoms with Crippen molar-refractivity contribution in [2.45, 2.75) is 33.4 Å². The van der Waals surface area contributed by atoms with E-state index in [0.717, 1.165) is 49.6 Å². The number of furan rings is 1. The molecule has 8 heteroatoms. The van der Waals surface area contributed by atoms with Gasteiger partial charge in [0.05, 0.1) is 13.2 Å². The summed E-state index contributed by atoms with van der Waals surface area (Å²) in [5.41, 5.74) is 2.19. The summed E-state index contributed by atoms with van der Waals surface area (Å²) in [4.78, 5) is 17.2. The summed E-state index contributed by atoms with van der Waals surface area (Å²) in [6, 6.07) is 7.41. The molecule has 1 unspecified atom stereocenters. The maximum absolute atomic E-state index is 12.7. The fourth-order valence-corrected chi connectivity index (χ4v) is 3.85. The van der Waals surface area contributed by atoms with Crippen LogP contribution >= 0.6 is 11.6 Å². The Morgan fingerprint density at radius 1 is 1.33 bits per heavy atom. The van der Waals surface area contributed by atoms with E-state index in [1.165, 1.54) is 0 Å². The van der Waals surface area contributed by atoms with Gasteiger partial charge in [-0.3, -0.25) is 19.9 Å². The Bertz CT molecular complexity index is 958. The Hall–Kier alpha value is -2.53. The maximum Gasteiger partial charge on any atom is 0.243 e. The van der Waals surface area contributed by atoms with Crippen LogP contribution in [0.25, 0.3) is 0 Å². The standard InChI is InChI=1S/C22H27ClN4O3/c1-14-16(3)30-22(19(14)12-24)25-21(28)15(2)27-9-7-26(8-10-27)13-17-11-18(23)5-6-20(17)29-4/h5-6,11,15H,7-10,13H2,1-4H3,(H,25,28). The van der Waals surface area contributed by atoms with Crippen LogP contribution in [0, 0.1) is 25.2 Å². The molecule has 0 aliphatic carbocycles. The van der Waals surface area contributed by atoms with Crippen molar-refractivity contribution in [3.8, 4) is 11.8 Å². The van der Waals surface area contributed by atoms with E-state index in [4.69, 9.17) is 20.8 Å². The molecule has 0 spiro atoms. The van der Waals surface area contributed by atoms with Gasteiger partial charge in [0, 0.05) is 48.9 Å². The van der Waals surface area contributed by atoms with Gasteiger partial charge in [0.1, 0.15) is 23.1 Å². The van der Waals surface area contributed by atoms with E-state index in [0.29, 0.717) is 16.3 Å². The number of carbonyl (C=O) groups excluding carboxylic acids is 1. The average Bonchev–Trinajstić information content (AvgIpc) is 3.00. The molecule has 2 heterocycles. The zero-order valence-electron chi connectivity index (χ0n) is 17.8. The fourth-order valence-electron chi connectivity index (χ4n) is 3.65. The van der Waals surface area contributed by atoms with Crippen LogP contribution < -0.4 is 10.1 Å². The molecule has 1 aromatic carbocycles. The van der Waals surface area contributed by atoms with Gasteiger partial charge in [-0.25, -0.2) is 0 Å². The number of ether oxygens (including phenoxy) is 1. The van der Waals surface area contributed by atoms with Gasteiger partial charge in [-0.1, -0.05) is 11.6 Å². The lowest BCUT2D eigenvalue weighted by molar-refractivity contribution is -0.121. The minimum atomic E-state index is -0.329. The topological polar surface area (TPSA) is 81.7 Å². The summed E-state index contributed by atoms with van der Waals surface area (Å²) in [7, 11) is 1.66. The molecular weight excluding hydrogens is 404 g/mol. The molecule has 160 valence electrons. The van der Waals surface area contributed by atoms with Crippen molar-refractivity contribution >= 4 is 23.4 Å². The highest BCUT2D eigenvalue weighted by Gasteiger charge is 2.27. The molecule has 0 bridgehead atoms. The van der Waals surface area contributed by atoms with Crippen LogP contribution in [0.1, 0.15) is 29.4 Å². The van der Waals surface area contributed by atoms with E-state index < -0.39 is 0 Å². The summed E-state index contributed by atoms with van der Waals surface area (Å²) in [5, 5.41) is 12.8. The van der Waals surface area contributed by atoms with Crippen molar-refractivity contribution in [2.24, 2.45) is 0 Å². The molecule has 1 aliphatic rings. The van der Waals surface area contributed by atoms with E-state index in [9.17, 15) is 10.1 Å². The molecule has 1 saturated heterocycles. The number of anilines is 1. The van der Waals surface area contributed by atoms with Crippen LogP contribution in [-0.4, -0.2) is 55.0 Å². The van der Waals surface area contributed by atoms with Crippen molar-refractivity contribution in [3.63, 3.8) is 0 Å². The summed E-state index contributed by atoms with van der Waals surface area (Å²) in [6.45, 7) is 9.39. The predicted octanol–water partition coefficient (Wildman–Crippen LogP) is 3.57. The van der Waals surface area contributed by atoms with Crippen molar-refractivity contribution in [3.05, 3.63) is 45.7 Å². The second-order valence-corrected chi connectivity index (χ2v) is 7.97. The molecule has 30 heavy (non-hydrogen) atoms. The van der Waals surface area contributed by atoms with Gasteiger partial charge in [-0.05, 0) is 39.0 Å². The second-order valence-electron chi connectivity index (χ2n) is 7.53. The molecule has 1 aromatic heterocycles. The van der Waals surface area contributed by atoms with E-state index in [1.54, 1.807) is 14.0 Å². The number of nitrogens with one attached hydrogen (secondary N) is 1. The van der Waals surface area contributed by atoms with Crippen molar-refractivity contribution in [2.75, 3.05) is 38.6 Å². The van der Waals surface area contributed by atoms with Crippen LogP contribution in [0.3, 0.4) is 0 Å². The minimum absolute atomic E-state index is 0.176. The van der Waals surface area contributed by atoms with Gasteiger partial charge in [0.15, 0.2) is 0 Å². The van der Waals surface area contributed by atoms with E-state index in [2.05, 4.69) is 21.2 Å². The molecule has 2 aromatic rings. The minimum Gasteiger partial charge on any atom is -0.496 e. The molecule has 1 aliphatic heterocycles. The van der Waals surface area contributed by atoms with Crippen LogP contribution in [0.5, 0.6) is 5.75 Å². The van der Waals surface area contributed by atoms with Crippen molar-refractivity contribution < 1.29 is 13.9 Å².